The number of benzene rings is 2. The molecule has 0 fully saturated rings. The summed E-state index contributed by atoms with van der Waals surface area (Å²) in [7, 11) is 0. The number of carbonyl (C=O) groups excluding carboxylic acids is 2. The van der Waals surface area contributed by atoms with Gasteiger partial charge in [0.25, 0.3) is 11.8 Å². The number of pyridine rings is 1. The first-order chi connectivity index (χ1) is 14.6. The highest BCUT2D eigenvalue weighted by molar-refractivity contribution is 5.98. The number of Topliss-reactive ketones (excluding diaryl/α,β-unsaturated/α-hetero) is 1. The zero-order valence-electron chi connectivity index (χ0n) is 16.1. The van der Waals surface area contributed by atoms with Gasteiger partial charge in [-0.25, -0.2) is 4.98 Å². The molecule has 30 heavy (non-hydrogen) atoms. The van der Waals surface area contributed by atoms with Crippen LogP contribution in [0.4, 0.5) is 0 Å². The number of ketones is 1. The maximum Gasteiger partial charge on any atom is 0.263 e. The Bertz CT molecular complexity index is 1180. The van der Waals surface area contributed by atoms with Gasteiger partial charge in [0.1, 0.15) is 5.69 Å². The van der Waals surface area contributed by atoms with Gasteiger partial charge in [-0.1, -0.05) is 54.6 Å². The third kappa shape index (κ3) is 4.17. The summed E-state index contributed by atoms with van der Waals surface area (Å²) >= 11 is 0. The van der Waals surface area contributed by atoms with Gasteiger partial charge in [0.2, 0.25) is 5.78 Å². The van der Waals surface area contributed by atoms with Crippen LogP contribution in [0.5, 0.6) is 0 Å². The van der Waals surface area contributed by atoms with Crippen LogP contribution in [-0.4, -0.2) is 21.7 Å². The summed E-state index contributed by atoms with van der Waals surface area (Å²) in [6, 6.07) is 21.4. The normalized spacial score (nSPS) is 10.7. The van der Waals surface area contributed by atoms with Crippen LogP contribution in [0.2, 0.25) is 0 Å². The van der Waals surface area contributed by atoms with E-state index in [0.29, 0.717) is 6.42 Å². The lowest BCUT2D eigenvalue weighted by molar-refractivity contribution is 0.0949. The van der Waals surface area contributed by atoms with Crippen molar-refractivity contribution in [2.45, 2.75) is 12.8 Å². The number of carbonyl (C=O) groups is 2. The molecule has 0 aliphatic carbocycles. The molecule has 0 aliphatic rings. The van der Waals surface area contributed by atoms with Gasteiger partial charge < -0.3 is 10.2 Å². The Balaban J connectivity index is 1.43. The molecule has 2 heterocycles. The lowest BCUT2D eigenvalue weighted by atomic mass is 10.0. The number of rotatable bonds is 7. The van der Waals surface area contributed by atoms with Gasteiger partial charge in [0, 0.05) is 12.6 Å². The SMILES string of the molecule is NC(=O)c1cccnc1-c1cnc(C(=O)CCc2ccc(-c3ccccc3)cc2)o1. The molecule has 0 aliphatic heterocycles. The number of aromatic nitrogens is 2. The molecule has 6 nitrogen and oxygen atoms in total. The third-order valence-electron chi connectivity index (χ3n) is 4.75. The predicted octanol–water partition coefficient (Wildman–Crippen LogP) is 4.32. The monoisotopic (exact) mass is 397 g/mol. The Kier molecular flexibility index (Phi) is 5.48. The van der Waals surface area contributed by atoms with E-state index in [1.165, 1.54) is 12.4 Å². The number of hydrogen-bond donors (Lipinski definition) is 1. The van der Waals surface area contributed by atoms with Gasteiger partial charge in [-0.15, -0.1) is 0 Å². The number of primary amides is 1. The summed E-state index contributed by atoms with van der Waals surface area (Å²) in [5.74, 6) is -0.613. The standard InChI is InChI=1S/C24H19N3O3/c25-23(29)19-7-4-14-26-22(19)21-15-27-24(30-21)20(28)13-10-16-8-11-18(12-9-16)17-5-2-1-3-6-17/h1-9,11-12,14-15H,10,13H2,(H2,25,29). The van der Waals surface area contributed by atoms with Gasteiger partial charge in [-0.2, -0.15) is 0 Å². The smallest absolute Gasteiger partial charge is 0.263 e. The first-order valence-corrected chi connectivity index (χ1v) is 9.50. The topological polar surface area (TPSA) is 99.1 Å². The summed E-state index contributed by atoms with van der Waals surface area (Å²) in [5.41, 5.74) is 9.19. The summed E-state index contributed by atoms with van der Waals surface area (Å²) in [5, 5.41) is 0. The molecular weight excluding hydrogens is 378 g/mol. The molecule has 4 aromatic rings. The molecule has 0 atom stereocenters. The van der Waals surface area contributed by atoms with E-state index in [1.807, 2.05) is 42.5 Å². The number of nitrogens with zero attached hydrogens (tertiary/aromatic N) is 2. The van der Waals surface area contributed by atoms with E-state index < -0.39 is 5.91 Å². The van der Waals surface area contributed by atoms with Crippen molar-refractivity contribution in [3.05, 3.63) is 96.1 Å². The van der Waals surface area contributed by atoms with Gasteiger partial charge in [-0.05, 0) is 35.2 Å². The lowest BCUT2D eigenvalue weighted by Crippen LogP contribution is -2.12. The molecular formula is C24H19N3O3. The van der Waals surface area contributed by atoms with Crippen molar-refractivity contribution in [1.29, 1.82) is 0 Å². The first-order valence-electron chi connectivity index (χ1n) is 9.50. The van der Waals surface area contributed by atoms with Crippen molar-refractivity contribution in [3.8, 4) is 22.6 Å². The quantitative estimate of drug-likeness (QED) is 0.468. The Labute approximate surface area is 173 Å². The zero-order valence-corrected chi connectivity index (χ0v) is 16.1. The average molecular weight is 397 g/mol. The fourth-order valence-electron chi connectivity index (χ4n) is 3.17. The van der Waals surface area contributed by atoms with Crippen molar-refractivity contribution in [2.24, 2.45) is 5.73 Å². The molecule has 6 heteroatoms. The minimum absolute atomic E-state index is 0.00743. The third-order valence-corrected chi connectivity index (χ3v) is 4.75. The second-order valence-electron chi connectivity index (χ2n) is 6.78. The van der Waals surface area contributed by atoms with E-state index in [-0.39, 0.29) is 35.1 Å². The zero-order chi connectivity index (χ0) is 20.9. The number of amides is 1. The fraction of sp³-hybridized carbons (Fsp3) is 0.0833. The molecule has 1 amide bonds. The van der Waals surface area contributed by atoms with Crippen LogP contribution < -0.4 is 5.73 Å². The molecule has 0 unspecified atom stereocenters. The highest BCUT2D eigenvalue weighted by Gasteiger charge is 2.18. The van der Waals surface area contributed by atoms with Crippen LogP contribution in [0.15, 0.2) is 83.5 Å². The Morgan fingerprint density at radius 3 is 2.33 bits per heavy atom. The van der Waals surface area contributed by atoms with E-state index in [4.69, 9.17) is 10.2 Å². The van der Waals surface area contributed by atoms with Crippen molar-refractivity contribution in [2.75, 3.05) is 0 Å². The van der Waals surface area contributed by atoms with E-state index >= 15 is 0 Å². The second kappa shape index (κ2) is 8.53. The summed E-state index contributed by atoms with van der Waals surface area (Å²) in [4.78, 5) is 32.2. The van der Waals surface area contributed by atoms with Gasteiger partial charge in [-0.3, -0.25) is 14.6 Å². The molecule has 0 spiro atoms. The molecule has 2 aromatic heterocycles. The molecule has 2 N–H and O–H groups in total. The van der Waals surface area contributed by atoms with E-state index in [0.717, 1.165) is 16.7 Å². The average Bonchev–Trinajstić information content (AvgIpc) is 3.29. The van der Waals surface area contributed by atoms with Crippen LogP contribution in [0.3, 0.4) is 0 Å². The summed E-state index contributed by atoms with van der Waals surface area (Å²) in [6.45, 7) is 0. The Morgan fingerprint density at radius 1 is 0.867 bits per heavy atom. The largest absolute Gasteiger partial charge is 0.432 e. The van der Waals surface area contributed by atoms with Gasteiger partial charge in [0.15, 0.2) is 5.76 Å². The molecule has 0 saturated carbocycles. The highest BCUT2D eigenvalue weighted by Crippen LogP contribution is 2.23. The molecule has 148 valence electrons. The number of hydrogen-bond acceptors (Lipinski definition) is 5. The van der Waals surface area contributed by atoms with E-state index in [1.54, 1.807) is 12.1 Å². The minimum atomic E-state index is -0.624. The molecule has 2 aromatic carbocycles. The van der Waals surface area contributed by atoms with Crippen LogP contribution in [0.25, 0.3) is 22.6 Å². The maximum absolute atomic E-state index is 12.5. The Morgan fingerprint density at radius 2 is 1.60 bits per heavy atom. The molecule has 0 saturated heterocycles. The fourth-order valence-corrected chi connectivity index (χ4v) is 3.17. The molecule has 0 bridgehead atoms. The van der Waals surface area contributed by atoms with Crippen molar-refractivity contribution >= 4 is 11.7 Å². The van der Waals surface area contributed by atoms with E-state index in [9.17, 15) is 9.59 Å². The maximum atomic E-state index is 12.5. The van der Waals surface area contributed by atoms with Crippen LogP contribution in [0.1, 0.15) is 33.0 Å². The second-order valence-corrected chi connectivity index (χ2v) is 6.78. The number of oxazole rings is 1. The van der Waals surface area contributed by atoms with Gasteiger partial charge in [0.05, 0.1) is 11.8 Å². The van der Waals surface area contributed by atoms with Crippen molar-refractivity contribution < 1.29 is 14.0 Å². The first kappa shape index (κ1) is 19.3. The molecule has 0 radical (unpaired) electrons. The number of aryl methyl sites for hydroxylation is 1. The van der Waals surface area contributed by atoms with E-state index in [2.05, 4.69) is 22.1 Å². The minimum Gasteiger partial charge on any atom is -0.432 e. The van der Waals surface area contributed by atoms with Gasteiger partial charge >= 0.3 is 0 Å². The lowest BCUT2D eigenvalue weighted by Gasteiger charge is -2.04. The van der Waals surface area contributed by atoms with Crippen molar-refractivity contribution in [1.82, 2.24) is 9.97 Å². The van der Waals surface area contributed by atoms with Crippen LogP contribution in [-0.2, 0) is 6.42 Å². The summed E-state index contributed by atoms with van der Waals surface area (Å²) in [6.07, 6.45) is 3.73. The molecule has 4 rings (SSSR count). The van der Waals surface area contributed by atoms with Crippen molar-refractivity contribution in [3.63, 3.8) is 0 Å². The number of nitrogens with two attached hydrogens (primary N) is 1. The Hall–Kier alpha value is -4.06. The predicted molar refractivity (Wildman–Crippen MR) is 113 cm³/mol. The van der Waals surface area contributed by atoms with Crippen LogP contribution >= 0.6 is 0 Å². The highest BCUT2D eigenvalue weighted by atomic mass is 16.4. The van der Waals surface area contributed by atoms with Crippen LogP contribution in [0, 0.1) is 0 Å². The summed E-state index contributed by atoms with van der Waals surface area (Å²) < 4.78 is 5.56.